The van der Waals surface area contributed by atoms with Gasteiger partial charge in [0, 0.05) is 11.9 Å². The van der Waals surface area contributed by atoms with Crippen LogP contribution in [0, 0.1) is 0 Å². The van der Waals surface area contributed by atoms with Crippen LogP contribution in [0.4, 0.5) is 0 Å². The molecule has 1 aromatic carbocycles. The summed E-state index contributed by atoms with van der Waals surface area (Å²) in [5.74, 6) is 1.67. The zero-order valence-electron chi connectivity index (χ0n) is 15.4. The summed E-state index contributed by atoms with van der Waals surface area (Å²) in [5, 5.41) is 1.16. The van der Waals surface area contributed by atoms with Crippen molar-refractivity contribution in [2.24, 2.45) is 0 Å². The molecular weight excluding hydrogens is 380 g/mol. The van der Waals surface area contributed by atoms with Gasteiger partial charge in [-0.25, -0.2) is 0 Å². The molecule has 0 aromatic heterocycles. The van der Waals surface area contributed by atoms with E-state index < -0.39 is 0 Å². The fourth-order valence-electron chi connectivity index (χ4n) is 3.11. The smallest absolute Gasteiger partial charge is 0.231 e. The molecule has 0 saturated carbocycles. The van der Waals surface area contributed by atoms with Gasteiger partial charge in [-0.2, -0.15) is 0 Å². The number of hydrogen-bond donors (Lipinski definition) is 0. The highest BCUT2D eigenvalue weighted by Crippen LogP contribution is 2.32. The van der Waals surface area contributed by atoms with Crippen LogP contribution in [0.3, 0.4) is 0 Å². The molecule has 25 heavy (non-hydrogen) atoms. The Morgan fingerprint density at radius 2 is 1.36 bits per heavy atom. The fourth-order valence-corrected chi connectivity index (χ4v) is 3.51. The Labute approximate surface area is 161 Å². The van der Waals surface area contributed by atoms with Crippen LogP contribution in [0.1, 0.15) is 76.2 Å². The Morgan fingerprint density at radius 3 is 2.04 bits per heavy atom. The van der Waals surface area contributed by atoms with Crippen LogP contribution in [0.2, 0.25) is 0 Å². The SMILES string of the molecule is BrCCCCCCCCCCCCCOCc1ccc2c(c1)OCO2. The van der Waals surface area contributed by atoms with E-state index in [1.54, 1.807) is 0 Å². The van der Waals surface area contributed by atoms with Crippen molar-refractivity contribution in [2.75, 3.05) is 18.7 Å². The molecule has 0 fully saturated rings. The lowest BCUT2D eigenvalue weighted by atomic mass is 10.1. The average Bonchev–Trinajstić information content (AvgIpc) is 3.10. The lowest BCUT2D eigenvalue weighted by Crippen LogP contribution is -1.96. The molecule has 0 unspecified atom stereocenters. The molecule has 0 spiro atoms. The molecule has 142 valence electrons. The fraction of sp³-hybridized carbons (Fsp3) is 0.714. The Bertz CT molecular complexity index is 464. The van der Waals surface area contributed by atoms with Crippen molar-refractivity contribution in [2.45, 2.75) is 77.2 Å². The van der Waals surface area contributed by atoms with E-state index in [0.717, 1.165) is 35.4 Å². The predicted octanol–water partition coefficient (Wildman–Crippen LogP) is 6.62. The van der Waals surface area contributed by atoms with Crippen molar-refractivity contribution in [3.8, 4) is 11.5 Å². The van der Waals surface area contributed by atoms with Gasteiger partial charge in [0.25, 0.3) is 0 Å². The third-order valence-electron chi connectivity index (χ3n) is 4.63. The van der Waals surface area contributed by atoms with Gasteiger partial charge >= 0.3 is 0 Å². The summed E-state index contributed by atoms with van der Waals surface area (Å²) in [5.41, 5.74) is 1.15. The van der Waals surface area contributed by atoms with E-state index >= 15 is 0 Å². The second-order valence-corrected chi connectivity index (χ2v) is 7.61. The van der Waals surface area contributed by atoms with Crippen LogP contribution in [0.5, 0.6) is 11.5 Å². The van der Waals surface area contributed by atoms with E-state index in [1.807, 2.05) is 18.2 Å². The van der Waals surface area contributed by atoms with Crippen LogP contribution in [-0.4, -0.2) is 18.7 Å². The van der Waals surface area contributed by atoms with Gasteiger partial charge < -0.3 is 14.2 Å². The van der Waals surface area contributed by atoms with E-state index in [-0.39, 0.29) is 0 Å². The van der Waals surface area contributed by atoms with Crippen molar-refractivity contribution in [3.63, 3.8) is 0 Å². The first-order valence-electron chi connectivity index (χ1n) is 9.92. The van der Waals surface area contributed by atoms with Crippen molar-refractivity contribution in [1.29, 1.82) is 0 Å². The monoisotopic (exact) mass is 412 g/mol. The molecule has 0 amide bonds. The third-order valence-corrected chi connectivity index (χ3v) is 5.19. The van der Waals surface area contributed by atoms with Crippen LogP contribution in [0.15, 0.2) is 18.2 Å². The first-order valence-corrected chi connectivity index (χ1v) is 11.0. The summed E-state index contributed by atoms with van der Waals surface area (Å²) in [4.78, 5) is 0. The molecule has 3 nitrogen and oxygen atoms in total. The molecule has 1 heterocycles. The predicted molar refractivity (Wildman–Crippen MR) is 107 cm³/mol. The van der Waals surface area contributed by atoms with Crippen LogP contribution >= 0.6 is 15.9 Å². The number of fused-ring (bicyclic) bond motifs is 1. The topological polar surface area (TPSA) is 27.7 Å². The highest BCUT2D eigenvalue weighted by atomic mass is 79.9. The van der Waals surface area contributed by atoms with E-state index in [1.165, 1.54) is 64.2 Å². The molecular formula is C21H33BrO3. The zero-order chi connectivity index (χ0) is 17.6. The Balaban J connectivity index is 1.34. The van der Waals surface area contributed by atoms with E-state index in [9.17, 15) is 0 Å². The number of rotatable bonds is 15. The Kier molecular flexibility index (Phi) is 11.1. The summed E-state index contributed by atoms with van der Waals surface area (Å²) in [6.07, 6.45) is 14.9. The lowest BCUT2D eigenvalue weighted by molar-refractivity contribution is 0.116. The van der Waals surface area contributed by atoms with Gasteiger partial charge in [0.1, 0.15) is 0 Å². The molecule has 0 radical (unpaired) electrons. The number of hydrogen-bond acceptors (Lipinski definition) is 3. The first-order chi connectivity index (χ1) is 12.4. The summed E-state index contributed by atoms with van der Waals surface area (Å²) in [6, 6.07) is 6.03. The van der Waals surface area contributed by atoms with Gasteiger partial charge in [-0.3, -0.25) is 0 Å². The second-order valence-electron chi connectivity index (χ2n) is 6.82. The molecule has 0 atom stereocenters. The van der Waals surface area contributed by atoms with E-state index in [4.69, 9.17) is 14.2 Å². The number of unbranched alkanes of at least 4 members (excludes halogenated alkanes) is 10. The maximum Gasteiger partial charge on any atom is 0.231 e. The standard InChI is InChI=1S/C21H33BrO3/c22-14-10-8-6-4-2-1-3-5-7-9-11-15-23-17-19-12-13-20-21(16-19)25-18-24-20/h12-13,16H,1-11,14-15,17-18H2. The largest absolute Gasteiger partial charge is 0.454 e. The Hall–Kier alpha value is -0.740. The van der Waals surface area contributed by atoms with Crippen LogP contribution in [-0.2, 0) is 11.3 Å². The molecule has 4 heteroatoms. The summed E-state index contributed by atoms with van der Waals surface area (Å²) in [6.45, 7) is 1.84. The summed E-state index contributed by atoms with van der Waals surface area (Å²) in [7, 11) is 0. The quantitative estimate of drug-likeness (QED) is 0.239. The van der Waals surface area contributed by atoms with Gasteiger partial charge in [-0.05, 0) is 30.5 Å². The van der Waals surface area contributed by atoms with Gasteiger partial charge in [0.2, 0.25) is 6.79 Å². The number of alkyl halides is 1. The van der Waals surface area contributed by atoms with Gasteiger partial charge in [0.05, 0.1) is 6.61 Å². The molecule has 1 aromatic rings. The molecule has 0 bridgehead atoms. The van der Waals surface area contributed by atoms with Crippen molar-refractivity contribution >= 4 is 15.9 Å². The normalized spacial score (nSPS) is 12.7. The number of halogens is 1. The minimum absolute atomic E-state index is 0.330. The average molecular weight is 413 g/mol. The highest BCUT2D eigenvalue weighted by molar-refractivity contribution is 9.09. The van der Waals surface area contributed by atoms with Crippen LogP contribution < -0.4 is 9.47 Å². The van der Waals surface area contributed by atoms with Crippen molar-refractivity contribution < 1.29 is 14.2 Å². The third kappa shape index (κ3) is 8.96. The molecule has 0 N–H and O–H groups in total. The minimum Gasteiger partial charge on any atom is -0.454 e. The minimum atomic E-state index is 0.330. The maximum absolute atomic E-state index is 5.77. The molecule has 2 rings (SSSR count). The van der Waals surface area contributed by atoms with Gasteiger partial charge in [-0.15, -0.1) is 0 Å². The zero-order valence-corrected chi connectivity index (χ0v) is 17.0. The number of ether oxygens (including phenoxy) is 3. The first kappa shape index (κ1) is 20.6. The molecule has 1 aliphatic rings. The maximum atomic E-state index is 5.77. The lowest BCUT2D eigenvalue weighted by Gasteiger charge is -2.06. The molecule has 0 saturated heterocycles. The van der Waals surface area contributed by atoms with Crippen molar-refractivity contribution in [3.05, 3.63) is 23.8 Å². The molecule has 0 aliphatic carbocycles. The van der Waals surface area contributed by atoms with E-state index in [0.29, 0.717) is 13.4 Å². The summed E-state index contributed by atoms with van der Waals surface area (Å²) < 4.78 is 16.5. The van der Waals surface area contributed by atoms with Gasteiger partial charge in [-0.1, -0.05) is 79.8 Å². The Morgan fingerprint density at radius 1 is 0.760 bits per heavy atom. The van der Waals surface area contributed by atoms with Crippen LogP contribution in [0.25, 0.3) is 0 Å². The van der Waals surface area contributed by atoms with Gasteiger partial charge in [0.15, 0.2) is 11.5 Å². The van der Waals surface area contributed by atoms with Crippen molar-refractivity contribution in [1.82, 2.24) is 0 Å². The number of benzene rings is 1. The molecule has 1 aliphatic heterocycles. The summed E-state index contributed by atoms with van der Waals surface area (Å²) >= 11 is 3.49. The second kappa shape index (κ2) is 13.5. The van der Waals surface area contributed by atoms with E-state index in [2.05, 4.69) is 15.9 Å². The highest BCUT2D eigenvalue weighted by Gasteiger charge is 2.12.